The molecule has 0 saturated carbocycles. The van der Waals surface area contributed by atoms with Crippen molar-refractivity contribution < 1.29 is 19.1 Å². The molecule has 0 aliphatic rings. The number of hydrogen-bond donors (Lipinski definition) is 2. The Hall–Kier alpha value is -3.54. The zero-order valence-corrected chi connectivity index (χ0v) is 14.2. The van der Waals surface area contributed by atoms with E-state index in [-0.39, 0.29) is 5.56 Å². The average Bonchev–Trinajstić information content (AvgIpc) is 3.14. The van der Waals surface area contributed by atoms with Gasteiger partial charge < -0.3 is 19.7 Å². The smallest absolute Gasteiger partial charge is 0.335 e. The predicted octanol–water partition coefficient (Wildman–Crippen LogP) is 3.78. The fraction of sp³-hybridized carbons (Fsp3) is 0.100. The van der Waals surface area contributed by atoms with Crippen LogP contribution in [0.5, 0.6) is 5.75 Å². The molecule has 132 valence electrons. The molecule has 6 nitrogen and oxygen atoms in total. The normalized spacial score (nSPS) is 10.8. The SMILES string of the molecule is COc1ccccc1CN/N=C\c1ccc(-c2cccc(C(=O)O)c2)o1. The molecule has 6 heteroatoms. The minimum Gasteiger partial charge on any atom is -0.496 e. The molecule has 0 aliphatic heterocycles. The molecule has 26 heavy (non-hydrogen) atoms. The van der Waals surface area contributed by atoms with Gasteiger partial charge in [-0.05, 0) is 30.3 Å². The quantitative estimate of drug-likeness (QED) is 0.500. The summed E-state index contributed by atoms with van der Waals surface area (Å²) >= 11 is 0. The molecule has 1 aromatic heterocycles. The molecule has 1 heterocycles. The molecule has 2 N–H and O–H groups in total. The first-order valence-corrected chi connectivity index (χ1v) is 7.99. The van der Waals surface area contributed by atoms with Crippen LogP contribution < -0.4 is 10.2 Å². The third-order valence-electron chi connectivity index (χ3n) is 3.77. The molecule has 3 rings (SSSR count). The largest absolute Gasteiger partial charge is 0.496 e. The maximum absolute atomic E-state index is 11.1. The van der Waals surface area contributed by atoms with Gasteiger partial charge in [-0.25, -0.2) is 4.79 Å². The number of carboxylic acids is 1. The van der Waals surface area contributed by atoms with Crippen molar-refractivity contribution in [3.05, 3.63) is 77.6 Å². The van der Waals surface area contributed by atoms with Gasteiger partial charge in [0.05, 0.1) is 25.4 Å². The minimum atomic E-state index is -0.972. The van der Waals surface area contributed by atoms with E-state index < -0.39 is 5.97 Å². The molecule has 0 atom stereocenters. The summed E-state index contributed by atoms with van der Waals surface area (Å²) in [5.74, 6) is 0.974. The van der Waals surface area contributed by atoms with Gasteiger partial charge in [0.2, 0.25) is 0 Å². The van der Waals surface area contributed by atoms with Crippen LogP contribution in [0.1, 0.15) is 21.7 Å². The van der Waals surface area contributed by atoms with Crippen LogP contribution in [0.3, 0.4) is 0 Å². The van der Waals surface area contributed by atoms with E-state index >= 15 is 0 Å². The number of furan rings is 1. The number of carboxylic acid groups (broad SMARTS) is 1. The number of carbonyl (C=O) groups is 1. The second-order valence-corrected chi connectivity index (χ2v) is 5.49. The van der Waals surface area contributed by atoms with Crippen LogP contribution in [0.2, 0.25) is 0 Å². The summed E-state index contributed by atoms with van der Waals surface area (Å²) in [7, 11) is 1.63. The molecule has 0 fully saturated rings. The zero-order chi connectivity index (χ0) is 18.4. The van der Waals surface area contributed by atoms with Gasteiger partial charge in [-0.15, -0.1) is 0 Å². The van der Waals surface area contributed by atoms with Crippen molar-refractivity contribution in [2.75, 3.05) is 7.11 Å². The summed E-state index contributed by atoms with van der Waals surface area (Å²) in [5.41, 5.74) is 4.86. The predicted molar refractivity (Wildman–Crippen MR) is 98.5 cm³/mol. The van der Waals surface area contributed by atoms with Gasteiger partial charge in [0.15, 0.2) is 0 Å². The molecular formula is C20H18N2O4. The first kappa shape index (κ1) is 17.3. The lowest BCUT2D eigenvalue weighted by molar-refractivity contribution is 0.0697. The highest BCUT2D eigenvalue weighted by atomic mass is 16.5. The molecule has 0 amide bonds. The van der Waals surface area contributed by atoms with E-state index in [0.717, 1.165) is 11.3 Å². The highest BCUT2D eigenvalue weighted by Gasteiger charge is 2.08. The highest BCUT2D eigenvalue weighted by Crippen LogP contribution is 2.22. The van der Waals surface area contributed by atoms with Gasteiger partial charge in [0, 0.05) is 11.1 Å². The Labute approximate surface area is 150 Å². The summed E-state index contributed by atoms with van der Waals surface area (Å²) in [4.78, 5) is 11.1. The lowest BCUT2D eigenvalue weighted by Gasteiger charge is -2.06. The Kier molecular flexibility index (Phi) is 5.34. The third-order valence-corrected chi connectivity index (χ3v) is 3.77. The van der Waals surface area contributed by atoms with Crippen LogP contribution in [0.25, 0.3) is 11.3 Å². The fourth-order valence-corrected chi connectivity index (χ4v) is 2.47. The monoisotopic (exact) mass is 350 g/mol. The van der Waals surface area contributed by atoms with Crippen molar-refractivity contribution in [2.45, 2.75) is 6.54 Å². The molecule has 0 radical (unpaired) electrons. The topological polar surface area (TPSA) is 84.1 Å². The molecule has 0 aliphatic carbocycles. The maximum Gasteiger partial charge on any atom is 0.335 e. The van der Waals surface area contributed by atoms with Crippen molar-refractivity contribution >= 4 is 12.2 Å². The first-order chi connectivity index (χ1) is 12.7. The number of rotatable bonds is 7. The molecule has 0 saturated heterocycles. The van der Waals surface area contributed by atoms with E-state index in [9.17, 15) is 4.79 Å². The second-order valence-electron chi connectivity index (χ2n) is 5.49. The van der Waals surface area contributed by atoms with E-state index in [1.807, 2.05) is 24.3 Å². The third kappa shape index (κ3) is 4.10. The van der Waals surface area contributed by atoms with Crippen molar-refractivity contribution in [1.82, 2.24) is 5.43 Å². The Morgan fingerprint density at radius 2 is 2.04 bits per heavy atom. The highest BCUT2D eigenvalue weighted by molar-refractivity contribution is 5.89. The number of ether oxygens (including phenoxy) is 1. The summed E-state index contributed by atoms with van der Waals surface area (Å²) in [6.45, 7) is 0.523. The lowest BCUT2D eigenvalue weighted by atomic mass is 10.1. The number of hydrogen-bond acceptors (Lipinski definition) is 5. The molecule has 0 unspecified atom stereocenters. The molecular weight excluding hydrogens is 332 g/mol. The molecule has 0 bridgehead atoms. The van der Waals surface area contributed by atoms with E-state index in [1.54, 1.807) is 49.7 Å². The minimum absolute atomic E-state index is 0.215. The van der Waals surface area contributed by atoms with Crippen molar-refractivity contribution in [1.29, 1.82) is 0 Å². The van der Waals surface area contributed by atoms with Crippen LogP contribution in [0.15, 0.2) is 70.2 Å². The van der Waals surface area contributed by atoms with Crippen molar-refractivity contribution in [3.63, 3.8) is 0 Å². The van der Waals surface area contributed by atoms with E-state index in [2.05, 4.69) is 10.5 Å². The van der Waals surface area contributed by atoms with Gasteiger partial charge in [-0.1, -0.05) is 30.3 Å². The summed E-state index contributed by atoms with van der Waals surface area (Å²) in [5, 5.41) is 13.2. The lowest BCUT2D eigenvalue weighted by Crippen LogP contribution is -2.06. The Morgan fingerprint density at radius 1 is 1.19 bits per heavy atom. The first-order valence-electron chi connectivity index (χ1n) is 7.99. The van der Waals surface area contributed by atoms with Crippen LogP contribution in [0.4, 0.5) is 0 Å². The molecule has 0 spiro atoms. The fourth-order valence-electron chi connectivity index (χ4n) is 2.47. The molecule has 3 aromatic rings. The number of nitrogens with one attached hydrogen (secondary N) is 1. The second kappa shape index (κ2) is 8.02. The summed E-state index contributed by atoms with van der Waals surface area (Å²) in [6.07, 6.45) is 1.57. The van der Waals surface area contributed by atoms with Gasteiger partial charge in [-0.3, -0.25) is 0 Å². The number of para-hydroxylation sites is 1. The Morgan fingerprint density at radius 3 is 2.85 bits per heavy atom. The number of benzene rings is 2. The van der Waals surface area contributed by atoms with Crippen molar-refractivity contribution in [3.8, 4) is 17.1 Å². The van der Waals surface area contributed by atoms with E-state index in [4.69, 9.17) is 14.3 Å². The van der Waals surface area contributed by atoms with Crippen LogP contribution in [0, 0.1) is 0 Å². The number of methoxy groups -OCH3 is 1. The van der Waals surface area contributed by atoms with Gasteiger partial charge in [0.25, 0.3) is 0 Å². The van der Waals surface area contributed by atoms with Crippen LogP contribution in [-0.2, 0) is 6.54 Å². The van der Waals surface area contributed by atoms with E-state index in [0.29, 0.717) is 23.6 Å². The number of aromatic carboxylic acids is 1. The number of nitrogens with zero attached hydrogens (tertiary/aromatic N) is 1. The maximum atomic E-state index is 11.1. The zero-order valence-electron chi connectivity index (χ0n) is 14.2. The average molecular weight is 350 g/mol. The summed E-state index contributed by atoms with van der Waals surface area (Å²) < 4.78 is 11.0. The van der Waals surface area contributed by atoms with E-state index in [1.165, 1.54) is 0 Å². The Bertz CT molecular complexity index is 931. The number of hydrazone groups is 1. The van der Waals surface area contributed by atoms with Crippen molar-refractivity contribution in [2.24, 2.45) is 5.10 Å². The summed E-state index contributed by atoms with van der Waals surface area (Å²) in [6, 6.07) is 17.9. The van der Waals surface area contributed by atoms with Crippen LogP contribution >= 0.6 is 0 Å². The van der Waals surface area contributed by atoms with Gasteiger partial charge >= 0.3 is 5.97 Å². The van der Waals surface area contributed by atoms with Crippen LogP contribution in [-0.4, -0.2) is 24.4 Å². The van der Waals surface area contributed by atoms with Gasteiger partial charge in [0.1, 0.15) is 17.3 Å². The molecule has 2 aromatic carbocycles. The van der Waals surface area contributed by atoms with Gasteiger partial charge in [-0.2, -0.15) is 5.10 Å². The Balaban J connectivity index is 1.64. The standard InChI is InChI=1S/C20H18N2O4/c1-25-18-8-3-2-5-16(18)12-21-22-13-17-9-10-19(26-17)14-6-4-7-15(11-14)20(23)24/h2-11,13,21H,12H2,1H3,(H,23,24)/b22-13-.